The second-order valence-corrected chi connectivity index (χ2v) is 8.71. The summed E-state index contributed by atoms with van der Waals surface area (Å²) in [6.07, 6.45) is 1.82. The number of nitrogens with zero attached hydrogens (tertiary/aromatic N) is 1. The normalized spacial score (nSPS) is 14.4. The van der Waals surface area contributed by atoms with E-state index >= 15 is 0 Å². The molecule has 1 heterocycles. The molecule has 0 radical (unpaired) electrons. The number of allylic oxidation sites excluding steroid dienone is 1. The van der Waals surface area contributed by atoms with E-state index in [9.17, 15) is 9.59 Å². The van der Waals surface area contributed by atoms with Crippen LogP contribution in [0.3, 0.4) is 0 Å². The number of para-hydroxylation sites is 1. The van der Waals surface area contributed by atoms with Gasteiger partial charge in [0.2, 0.25) is 0 Å². The second-order valence-electron chi connectivity index (χ2n) is 8.71. The molecule has 1 amide bonds. The van der Waals surface area contributed by atoms with Gasteiger partial charge in [-0.15, -0.1) is 0 Å². The maximum absolute atomic E-state index is 13.9. The van der Waals surface area contributed by atoms with E-state index in [1.165, 1.54) is 7.11 Å². The zero-order valence-corrected chi connectivity index (χ0v) is 19.4. The fraction of sp³-hybridized carbons (Fsp3) is 0.241. The minimum atomic E-state index is -0.400. The third-order valence-electron chi connectivity index (χ3n) is 6.07. The number of methoxy groups -OCH3 is 1. The average molecular weight is 440 g/mol. The molecule has 0 bridgehead atoms. The molecule has 4 rings (SSSR count). The predicted octanol–water partition coefficient (Wildman–Crippen LogP) is 6.37. The maximum Gasteiger partial charge on any atom is 0.338 e. The summed E-state index contributed by atoms with van der Waals surface area (Å²) >= 11 is 0. The van der Waals surface area contributed by atoms with Crippen LogP contribution in [-0.4, -0.2) is 19.0 Å². The van der Waals surface area contributed by atoms with Crippen molar-refractivity contribution in [2.75, 3.05) is 12.0 Å². The van der Waals surface area contributed by atoms with Gasteiger partial charge in [0.05, 0.1) is 30.5 Å². The third-order valence-corrected chi connectivity index (χ3v) is 6.07. The van der Waals surface area contributed by atoms with Crippen molar-refractivity contribution in [3.63, 3.8) is 0 Å². The lowest BCUT2D eigenvalue weighted by molar-refractivity contribution is -0.113. The topological polar surface area (TPSA) is 46.6 Å². The third kappa shape index (κ3) is 4.61. The van der Waals surface area contributed by atoms with Gasteiger partial charge in [-0.25, -0.2) is 4.79 Å². The first kappa shape index (κ1) is 22.5. The number of hydrogen-bond donors (Lipinski definition) is 0. The number of anilines is 1. The van der Waals surface area contributed by atoms with Crippen molar-refractivity contribution in [2.45, 2.75) is 33.2 Å². The van der Waals surface area contributed by atoms with E-state index < -0.39 is 5.97 Å². The summed E-state index contributed by atoms with van der Waals surface area (Å²) in [5.41, 5.74) is 5.96. The highest BCUT2D eigenvalue weighted by Crippen LogP contribution is 2.43. The molecule has 4 nitrogen and oxygen atoms in total. The standard InChI is InChI=1S/C29H29NO3/c1-20(2)17-18-23(21-11-5-4-6-12-21)27-25-15-9-10-16-26(25)30(28(27)31)19-22-13-7-8-14-24(22)29(32)33-3/h4-16,20H,17-19H2,1-3H3. The maximum atomic E-state index is 13.9. The summed E-state index contributed by atoms with van der Waals surface area (Å²) in [5, 5.41) is 0. The van der Waals surface area contributed by atoms with Gasteiger partial charge in [-0.2, -0.15) is 0 Å². The Morgan fingerprint density at radius 1 is 0.909 bits per heavy atom. The zero-order chi connectivity index (χ0) is 23.4. The number of ether oxygens (including phenoxy) is 1. The Morgan fingerprint density at radius 2 is 1.58 bits per heavy atom. The Labute approximate surface area is 195 Å². The molecule has 33 heavy (non-hydrogen) atoms. The van der Waals surface area contributed by atoms with E-state index in [0.717, 1.165) is 46.4 Å². The molecule has 1 aliphatic heterocycles. The van der Waals surface area contributed by atoms with Crippen molar-refractivity contribution in [1.82, 2.24) is 0 Å². The lowest BCUT2D eigenvalue weighted by atomic mass is 9.90. The van der Waals surface area contributed by atoms with Crippen LogP contribution in [0, 0.1) is 5.92 Å². The fourth-order valence-corrected chi connectivity index (χ4v) is 4.35. The number of fused-ring (bicyclic) bond motifs is 1. The van der Waals surface area contributed by atoms with E-state index in [1.54, 1.807) is 17.0 Å². The zero-order valence-electron chi connectivity index (χ0n) is 19.4. The van der Waals surface area contributed by atoms with Gasteiger partial charge >= 0.3 is 5.97 Å². The summed E-state index contributed by atoms with van der Waals surface area (Å²) < 4.78 is 4.96. The smallest absolute Gasteiger partial charge is 0.338 e. The highest BCUT2D eigenvalue weighted by atomic mass is 16.5. The molecule has 0 atom stereocenters. The molecule has 0 saturated carbocycles. The van der Waals surface area contributed by atoms with Crippen LogP contribution >= 0.6 is 0 Å². The minimum Gasteiger partial charge on any atom is -0.465 e. The summed E-state index contributed by atoms with van der Waals surface area (Å²) in [6.45, 7) is 4.71. The number of benzene rings is 3. The van der Waals surface area contributed by atoms with E-state index in [-0.39, 0.29) is 5.91 Å². The van der Waals surface area contributed by atoms with Crippen molar-refractivity contribution in [2.24, 2.45) is 5.92 Å². The Morgan fingerprint density at radius 3 is 2.30 bits per heavy atom. The van der Waals surface area contributed by atoms with Gasteiger partial charge in [-0.1, -0.05) is 80.6 Å². The lowest BCUT2D eigenvalue weighted by Crippen LogP contribution is -2.27. The van der Waals surface area contributed by atoms with Gasteiger partial charge < -0.3 is 9.64 Å². The van der Waals surface area contributed by atoms with Crippen molar-refractivity contribution in [1.29, 1.82) is 0 Å². The first-order valence-electron chi connectivity index (χ1n) is 11.4. The molecule has 0 fully saturated rings. The van der Waals surface area contributed by atoms with E-state index in [2.05, 4.69) is 26.0 Å². The molecule has 168 valence electrons. The Balaban J connectivity index is 1.83. The van der Waals surface area contributed by atoms with Crippen LogP contribution in [0.15, 0.2) is 78.9 Å². The summed E-state index contributed by atoms with van der Waals surface area (Å²) in [7, 11) is 1.37. The van der Waals surface area contributed by atoms with Gasteiger partial charge in [0.25, 0.3) is 5.91 Å². The summed E-state index contributed by atoms with van der Waals surface area (Å²) in [4.78, 5) is 28.0. The largest absolute Gasteiger partial charge is 0.465 e. The average Bonchev–Trinajstić information content (AvgIpc) is 3.11. The van der Waals surface area contributed by atoms with E-state index in [1.807, 2.05) is 54.6 Å². The number of rotatable bonds is 7. The van der Waals surface area contributed by atoms with Gasteiger partial charge in [-0.05, 0) is 47.6 Å². The highest BCUT2D eigenvalue weighted by molar-refractivity contribution is 6.37. The van der Waals surface area contributed by atoms with Crippen LogP contribution in [0.2, 0.25) is 0 Å². The lowest BCUT2D eigenvalue weighted by Gasteiger charge is -2.19. The quantitative estimate of drug-likeness (QED) is 0.318. The van der Waals surface area contributed by atoms with Gasteiger partial charge in [0.15, 0.2) is 0 Å². The molecule has 0 aromatic heterocycles. The van der Waals surface area contributed by atoms with Crippen LogP contribution in [-0.2, 0) is 16.1 Å². The first-order chi connectivity index (χ1) is 16.0. The molecule has 3 aromatic rings. The number of amides is 1. The minimum absolute atomic E-state index is 0.0292. The second kappa shape index (κ2) is 9.86. The van der Waals surface area contributed by atoms with Crippen LogP contribution < -0.4 is 4.90 Å². The van der Waals surface area contributed by atoms with Crippen molar-refractivity contribution < 1.29 is 14.3 Å². The van der Waals surface area contributed by atoms with Crippen molar-refractivity contribution in [3.8, 4) is 0 Å². The molecule has 0 N–H and O–H groups in total. The molecule has 0 aliphatic carbocycles. The van der Waals surface area contributed by atoms with Crippen LogP contribution in [0.25, 0.3) is 11.1 Å². The molecule has 0 saturated heterocycles. The van der Waals surface area contributed by atoms with Gasteiger partial charge in [0.1, 0.15) is 0 Å². The predicted molar refractivity (Wildman–Crippen MR) is 133 cm³/mol. The molecule has 1 aliphatic rings. The Bertz CT molecular complexity index is 1190. The summed E-state index contributed by atoms with van der Waals surface area (Å²) in [5.74, 6) is 0.0979. The monoisotopic (exact) mass is 439 g/mol. The number of carbonyl (C=O) groups is 2. The number of esters is 1. The SMILES string of the molecule is COC(=O)c1ccccc1CN1C(=O)C(=C(CCC(C)C)c2ccccc2)c2ccccc21. The first-order valence-corrected chi connectivity index (χ1v) is 11.4. The van der Waals surface area contributed by atoms with Crippen LogP contribution in [0.1, 0.15) is 53.7 Å². The van der Waals surface area contributed by atoms with Crippen molar-refractivity contribution >= 4 is 28.7 Å². The summed E-state index contributed by atoms with van der Waals surface area (Å²) in [6, 6.07) is 25.4. The number of hydrogen-bond acceptors (Lipinski definition) is 3. The molecular weight excluding hydrogens is 410 g/mol. The van der Waals surface area contributed by atoms with E-state index in [0.29, 0.717) is 18.0 Å². The molecule has 0 unspecified atom stereocenters. The molecule has 4 heteroatoms. The molecule has 3 aromatic carbocycles. The van der Waals surface area contributed by atoms with Gasteiger partial charge in [-0.3, -0.25) is 4.79 Å². The Kier molecular flexibility index (Phi) is 6.74. The fourth-order valence-electron chi connectivity index (χ4n) is 4.35. The number of carbonyl (C=O) groups excluding carboxylic acids is 2. The van der Waals surface area contributed by atoms with Crippen LogP contribution in [0.5, 0.6) is 0 Å². The van der Waals surface area contributed by atoms with Gasteiger partial charge in [0, 0.05) is 5.56 Å². The van der Waals surface area contributed by atoms with Crippen LogP contribution in [0.4, 0.5) is 5.69 Å². The Hall–Kier alpha value is -3.66. The highest BCUT2D eigenvalue weighted by Gasteiger charge is 2.35. The molecule has 0 spiro atoms. The van der Waals surface area contributed by atoms with Crippen molar-refractivity contribution in [3.05, 3.63) is 101 Å². The molecular formula is C29H29NO3. The van der Waals surface area contributed by atoms with E-state index in [4.69, 9.17) is 4.74 Å².